The molecular weight excluding hydrogens is 226 g/mol. The van der Waals surface area contributed by atoms with Crippen LogP contribution in [0.3, 0.4) is 0 Å². The van der Waals surface area contributed by atoms with Crippen LogP contribution in [0, 0.1) is 0 Å². The predicted molar refractivity (Wildman–Crippen MR) is 77.5 cm³/mol. The van der Waals surface area contributed by atoms with Crippen molar-refractivity contribution in [1.82, 2.24) is 10.2 Å². The Labute approximate surface area is 112 Å². The van der Waals surface area contributed by atoms with E-state index in [-0.39, 0.29) is 11.4 Å². The predicted octanol–water partition coefficient (Wildman–Crippen LogP) is 1.74. The molecule has 1 amide bonds. The average molecular weight is 257 g/mol. The maximum absolute atomic E-state index is 11.5. The van der Waals surface area contributed by atoms with E-state index >= 15 is 0 Å². The molecule has 0 bridgehead atoms. The molecule has 0 heterocycles. The summed E-state index contributed by atoms with van der Waals surface area (Å²) < 4.78 is 0. The number of carbonyl (C=O) groups excluding carboxylic acids is 1. The van der Waals surface area contributed by atoms with Gasteiger partial charge in [-0.1, -0.05) is 13.8 Å². The van der Waals surface area contributed by atoms with Crippen LogP contribution in [0.2, 0.25) is 0 Å². The highest BCUT2D eigenvalue weighted by Crippen LogP contribution is 2.18. The first-order chi connectivity index (χ1) is 8.19. The zero-order valence-electron chi connectivity index (χ0n) is 13.0. The normalized spacial score (nSPS) is 15.7. The zero-order chi connectivity index (χ0) is 14.4. The number of hydrogen-bond acceptors (Lipinski definition) is 3. The second kappa shape index (κ2) is 7.10. The van der Waals surface area contributed by atoms with Crippen LogP contribution in [0.1, 0.15) is 53.9 Å². The number of likely N-dealkylation sites (N-methyl/N-ethyl adjacent to an activating group) is 1. The monoisotopic (exact) mass is 257 g/mol. The van der Waals surface area contributed by atoms with E-state index in [4.69, 9.17) is 5.73 Å². The van der Waals surface area contributed by atoms with Gasteiger partial charge in [-0.05, 0) is 60.2 Å². The largest absolute Gasteiger partial charge is 0.368 e. The van der Waals surface area contributed by atoms with Crippen molar-refractivity contribution in [2.75, 3.05) is 20.1 Å². The van der Waals surface area contributed by atoms with Crippen LogP contribution in [0.5, 0.6) is 0 Å². The highest BCUT2D eigenvalue weighted by molar-refractivity contribution is 5.84. The van der Waals surface area contributed by atoms with Crippen molar-refractivity contribution in [3.63, 3.8) is 0 Å². The zero-order valence-corrected chi connectivity index (χ0v) is 13.0. The highest BCUT2D eigenvalue weighted by Gasteiger charge is 2.30. The Balaban J connectivity index is 4.28. The van der Waals surface area contributed by atoms with Gasteiger partial charge in [0, 0.05) is 5.54 Å². The summed E-state index contributed by atoms with van der Waals surface area (Å²) in [6, 6.07) is 0. The van der Waals surface area contributed by atoms with Crippen LogP contribution in [0.15, 0.2) is 0 Å². The summed E-state index contributed by atoms with van der Waals surface area (Å²) in [5.74, 6) is -0.262. The van der Waals surface area contributed by atoms with Gasteiger partial charge in [-0.15, -0.1) is 0 Å². The molecule has 1 unspecified atom stereocenters. The summed E-state index contributed by atoms with van der Waals surface area (Å²) in [4.78, 5) is 13.8. The van der Waals surface area contributed by atoms with Crippen molar-refractivity contribution in [3.05, 3.63) is 0 Å². The quantitative estimate of drug-likeness (QED) is 0.661. The summed E-state index contributed by atoms with van der Waals surface area (Å²) in [7, 11) is 2.14. The highest BCUT2D eigenvalue weighted by atomic mass is 16.1. The third-order valence-corrected chi connectivity index (χ3v) is 4.18. The molecule has 0 aliphatic carbocycles. The van der Waals surface area contributed by atoms with Gasteiger partial charge in [0.15, 0.2) is 0 Å². The van der Waals surface area contributed by atoms with Crippen molar-refractivity contribution in [2.45, 2.75) is 65.0 Å². The molecular formula is C14H31N3O. The summed E-state index contributed by atoms with van der Waals surface area (Å²) in [5.41, 5.74) is 5.10. The van der Waals surface area contributed by atoms with E-state index in [1.807, 2.05) is 13.8 Å². The SMILES string of the molecule is CCNC(C)(CCCN(C)C(C)(C)CC)C(N)=O. The summed E-state index contributed by atoms with van der Waals surface area (Å²) in [6.45, 7) is 12.3. The first-order valence-electron chi connectivity index (χ1n) is 6.95. The van der Waals surface area contributed by atoms with Crippen LogP contribution in [-0.4, -0.2) is 42.0 Å². The molecule has 108 valence electrons. The van der Waals surface area contributed by atoms with Crippen LogP contribution < -0.4 is 11.1 Å². The number of carbonyl (C=O) groups is 1. The number of primary amides is 1. The first-order valence-corrected chi connectivity index (χ1v) is 6.95. The van der Waals surface area contributed by atoms with Gasteiger partial charge in [0.25, 0.3) is 0 Å². The lowest BCUT2D eigenvalue weighted by Gasteiger charge is -2.36. The molecule has 0 aromatic rings. The van der Waals surface area contributed by atoms with E-state index in [2.05, 4.69) is 38.0 Å². The Hall–Kier alpha value is -0.610. The Morgan fingerprint density at radius 3 is 2.22 bits per heavy atom. The number of rotatable bonds is 9. The summed E-state index contributed by atoms with van der Waals surface area (Å²) >= 11 is 0. The molecule has 3 N–H and O–H groups in total. The van der Waals surface area contributed by atoms with E-state index in [1.165, 1.54) is 0 Å². The fourth-order valence-corrected chi connectivity index (χ4v) is 1.93. The molecule has 0 aromatic heterocycles. The third kappa shape index (κ3) is 4.94. The molecule has 0 fully saturated rings. The minimum Gasteiger partial charge on any atom is -0.368 e. The van der Waals surface area contributed by atoms with Gasteiger partial charge < -0.3 is 16.0 Å². The van der Waals surface area contributed by atoms with Gasteiger partial charge in [-0.2, -0.15) is 0 Å². The molecule has 0 aliphatic rings. The van der Waals surface area contributed by atoms with Gasteiger partial charge in [0.05, 0.1) is 5.54 Å². The Bertz CT molecular complexity index is 266. The summed E-state index contributed by atoms with van der Waals surface area (Å²) in [5, 5.41) is 3.19. The van der Waals surface area contributed by atoms with Crippen molar-refractivity contribution in [3.8, 4) is 0 Å². The second-order valence-electron chi connectivity index (χ2n) is 5.92. The number of nitrogens with zero attached hydrogens (tertiary/aromatic N) is 1. The standard InChI is InChI=1S/C14H31N3O/c1-7-13(3,4)17(6)11-9-10-14(5,12(15)18)16-8-2/h16H,7-11H2,1-6H3,(H2,15,18). The molecule has 0 spiro atoms. The van der Waals surface area contributed by atoms with Crippen molar-refractivity contribution < 1.29 is 4.79 Å². The van der Waals surface area contributed by atoms with E-state index in [0.29, 0.717) is 0 Å². The number of nitrogens with one attached hydrogen (secondary N) is 1. The molecule has 1 atom stereocenters. The van der Waals surface area contributed by atoms with E-state index < -0.39 is 5.54 Å². The first kappa shape index (κ1) is 17.4. The molecule has 18 heavy (non-hydrogen) atoms. The van der Waals surface area contributed by atoms with Gasteiger partial charge >= 0.3 is 0 Å². The average Bonchev–Trinajstić information content (AvgIpc) is 2.28. The van der Waals surface area contributed by atoms with Gasteiger partial charge in [0.1, 0.15) is 0 Å². The van der Waals surface area contributed by atoms with Gasteiger partial charge in [-0.3, -0.25) is 4.79 Å². The molecule has 0 aromatic carbocycles. The minimum atomic E-state index is -0.577. The fraction of sp³-hybridized carbons (Fsp3) is 0.929. The maximum Gasteiger partial charge on any atom is 0.237 e. The number of nitrogens with two attached hydrogens (primary N) is 1. The van der Waals surface area contributed by atoms with Crippen LogP contribution >= 0.6 is 0 Å². The molecule has 0 saturated carbocycles. The number of hydrogen-bond donors (Lipinski definition) is 2. The van der Waals surface area contributed by atoms with Crippen LogP contribution in [-0.2, 0) is 4.79 Å². The van der Waals surface area contributed by atoms with Crippen LogP contribution in [0.25, 0.3) is 0 Å². The second-order valence-corrected chi connectivity index (χ2v) is 5.92. The third-order valence-electron chi connectivity index (χ3n) is 4.18. The molecule has 4 heteroatoms. The maximum atomic E-state index is 11.5. The van der Waals surface area contributed by atoms with Crippen molar-refractivity contribution >= 4 is 5.91 Å². The Morgan fingerprint density at radius 2 is 1.83 bits per heavy atom. The van der Waals surface area contributed by atoms with Gasteiger partial charge in [0.2, 0.25) is 5.91 Å². The molecule has 0 rings (SSSR count). The topological polar surface area (TPSA) is 58.4 Å². The lowest BCUT2D eigenvalue weighted by Crippen LogP contribution is -2.53. The molecule has 0 saturated heterocycles. The molecule has 4 nitrogen and oxygen atoms in total. The Morgan fingerprint density at radius 1 is 1.28 bits per heavy atom. The number of amides is 1. The van der Waals surface area contributed by atoms with Crippen molar-refractivity contribution in [1.29, 1.82) is 0 Å². The lowest BCUT2D eigenvalue weighted by molar-refractivity contribution is -0.124. The van der Waals surface area contributed by atoms with E-state index in [9.17, 15) is 4.79 Å². The van der Waals surface area contributed by atoms with E-state index in [0.717, 1.165) is 32.4 Å². The molecule has 0 radical (unpaired) electrons. The summed E-state index contributed by atoms with van der Waals surface area (Å²) in [6.07, 6.45) is 2.86. The minimum absolute atomic E-state index is 0.210. The molecule has 0 aliphatic heterocycles. The lowest BCUT2D eigenvalue weighted by atomic mass is 9.93. The van der Waals surface area contributed by atoms with Crippen LogP contribution in [0.4, 0.5) is 0 Å². The van der Waals surface area contributed by atoms with E-state index in [1.54, 1.807) is 0 Å². The fourth-order valence-electron chi connectivity index (χ4n) is 1.93. The van der Waals surface area contributed by atoms with Crippen molar-refractivity contribution in [2.24, 2.45) is 5.73 Å². The smallest absolute Gasteiger partial charge is 0.237 e. The Kier molecular flexibility index (Phi) is 6.86. The van der Waals surface area contributed by atoms with Gasteiger partial charge in [-0.25, -0.2) is 0 Å².